The number of hydrogen-bond acceptors (Lipinski definition) is 1. The predicted molar refractivity (Wildman–Crippen MR) is 35.1 cm³/mol. The molecule has 1 nitrogen and oxygen atoms in total. The van der Waals surface area contributed by atoms with Crippen LogP contribution in [0, 0.1) is 5.41 Å². The topological polar surface area (TPSA) is 23.9 Å². The Morgan fingerprint density at radius 3 is 2.62 bits per heavy atom. The van der Waals surface area contributed by atoms with Crippen LogP contribution < -0.4 is 0 Å². The minimum absolute atomic E-state index is 1.09. The van der Waals surface area contributed by atoms with Gasteiger partial charge in [0.2, 0.25) is 0 Å². The average molecular weight is 105 g/mol. The molecule has 1 aliphatic carbocycles. The van der Waals surface area contributed by atoms with Gasteiger partial charge in [0.25, 0.3) is 0 Å². The third kappa shape index (κ3) is 0.936. The molecule has 1 aliphatic rings. The van der Waals surface area contributed by atoms with Gasteiger partial charge in [-0.3, -0.25) is 0 Å². The molecule has 0 saturated heterocycles. The van der Waals surface area contributed by atoms with Gasteiger partial charge in [-0.1, -0.05) is 12.7 Å². The van der Waals surface area contributed by atoms with Crippen LogP contribution in [0.5, 0.6) is 0 Å². The van der Waals surface area contributed by atoms with Gasteiger partial charge in [-0.2, -0.15) is 0 Å². The minimum atomic E-state index is 1.09. The van der Waals surface area contributed by atoms with Crippen LogP contribution in [0.3, 0.4) is 0 Å². The maximum atomic E-state index is 6.62. The fourth-order valence-electron chi connectivity index (χ4n) is 0.459. The third-order valence-corrected chi connectivity index (χ3v) is 0.989. The van der Waals surface area contributed by atoms with Crippen molar-refractivity contribution >= 4 is 6.21 Å². The number of hydrogen-bond donors (Lipinski definition) is 1. The molecule has 0 aromatic carbocycles. The van der Waals surface area contributed by atoms with E-state index in [1.807, 2.05) is 12.2 Å². The predicted octanol–water partition coefficient (Wildman–Crippen LogP) is 1.69. The van der Waals surface area contributed by atoms with Crippen molar-refractivity contribution in [2.45, 2.75) is 0 Å². The van der Waals surface area contributed by atoms with E-state index in [1.54, 1.807) is 6.08 Å². The maximum Gasteiger partial charge on any atom is 0.0177 e. The fraction of sp³-hybridized carbons (Fsp3) is 0. The van der Waals surface area contributed by atoms with Crippen LogP contribution in [-0.2, 0) is 0 Å². The fourth-order valence-corrected chi connectivity index (χ4v) is 0.459. The van der Waals surface area contributed by atoms with E-state index in [4.69, 9.17) is 5.41 Å². The van der Waals surface area contributed by atoms with E-state index < -0.39 is 0 Å². The van der Waals surface area contributed by atoms with Gasteiger partial charge in [-0.15, -0.1) is 0 Å². The van der Waals surface area contributed by atoms with Crippen LogP contribution in [0.25, 0.3) is 0 Å². The number of allylic oxidation sites excluding steroid dienone is 5. The first-order valence-electron chi connectivity index (χ1n) is 2.42. The molecule has 0 radical (unpaired) electrons. The summed E-state index contributed by atoms with van der Waals surface area (Å²) in [4.78, 5) is 0. The van der Waals surface area contributed by atoms with E-state index in [0.717, 1.165) is 11.1 Å². The largest absolute Gasteiger partial charge is 0.309 e. The second-order valence-electron chi connectivity index (χ2n) is 1.65. The van der Waals surface area contributed by atoms with Gasteiger partial charge in [0.15, 0.2) is 0 Å². The molecule has 0 unspecified atom stereocenters. The molecule has 0 aliphatic heterocycles. The molecule has 0 spiro atoms. The Hall–Kier alpha value is -1.11. The summed E-state index contributed by atoms with van der Waals surface area (Å²) >= 11 is 0. The Labute approximate surface area is 48.5 Å². The van der Waals surface area contributed by atoms with Crippen LogP contribution in [0.2, 0.25) is 0 Å². The van der Waals surface area contributed by atoms with Crippen molar-refractivity contribution in [2.24, 2.45) is 0 Å². The molecule has 0 aromatic heterocycles. The smallest absolute Gasteiger partial charge is 0.0177 e. The van der Waals surface area contributed by atoms with Gasteiger partial charge in [0.1, 0.15) is 0 Å². The Morgan fingerprint density at radius 2 is 2.25 bits per heavy atom. The van der Waals surface area contributed by atoms with Crippen LogP contribution in [0.1, 0.15) is 0 Å². The van der Waals surface area contributed by atoms with Gasteiger partial charge in [0.05, 0.1) is 0 Å². The van der Waals surface area contributed by atoms with Gasteiger partial charge in [-0.25, -0.2) is 0 Å². The molecule has 0 amide bonds. The highest BCUT2D eigenvalue weighted by Gasteiger charge is 2.07. The standard InChI is InChI=1S/C7H7N/c1-6-5-7(6)3-2-4-8/h2-5,8H,1H2/b3-2-,8-4?. The quantitative estimate of drug-likeness (QED) is 0.517. The summed E-state index contributed by atoms with van der Waals surface area (Å²) in [7, 11) is 0. The van der Waals surface area contributed by atoms with Crippen LogP contribution in [0.15, 0.2) is 36.0 Å². The summed E-state index contributed by atoms with van der Waals surface area (Å²) in [5.41, 5.74) is 2.25. The van der Waals surface area contributed by atoms with Crippen LogP contribution in [0.4, 0.5) is 0 Å². The average Bonchev–Trinajstić information content (AvgIpc) is 2.42. The summed E-state index contributed by atoms with van der Waals surface area (Å²) in [5, 5.41) is 6.62. The monoisotopic (exact) mass is 105 g/mol. The molecule has 1 N–H and O–H groups in total. The van der Waals surface area contributed by atoms with Gasteiger partial charge in [0, 0.05) is 6.21 Å². The van der Waals surface area contributed by atoms with Crippen molar-refractivity contribution < 1.29 is 0 Å². The van der Waals surface area contributed by atoms with Crippen molar-refractivity contribution in [1.29, 1.82) is 5.41 Å². The van der Waals surface area contributed by atoms with Gasteiger partial charge < -0.3 is 5.41 Å². The molecule has 0 bridgehead atoms. The second kappa shape index (κ2) is 1.78. The molecule has 8 heavy (non-hydrogen) atoms. The molecule has 1 heteroatoms. The van der Waals surface area contributed by atoms with E-state index in [2.05, 4.69) is 6.58 Å². The van der Waals surface area contributed by atoms with E-state index >= 15 is 0 Å². The Bertz CT molecular complexity index is 185. The lowest BCUT2D eigenvalue weighted by Crippen LogP contribution is -1.56. The van der Waals surface area contributed by atoms with Crippen molar-refractivity contribution in [3.63, 3.8) is 0 Å². The normalized spacial score (nSPS) is 16.5. The first-order valence-corrected chi connectivity index (χ1v) is 2.42. The molecule has 0 atom stereocenters. The molecular weight excluding hydrogens is 98.1 g/mol. The molecule has 40 valence electrons. The lowest BCUT2D eigenvalue weighted by molar-refractivity contribution is 1.58. The SMILES string of the molecule is C=C1C=C1/C=C\C=N. The second-order valence-corrected chi connectivity index (χ2v) is 1.65. The first kappa shape index (κ1) is 5.04. The summed E-state index contributed by atoms with van der Waals surface area (Å²) in [6.07, 6.45) is 6.78. The number of rotatable bonds is 2. The zero-order chi connectivity index (χ0) is 5.98. The lowest BCUT2D eigenvalue weighted by Gasteiger charge is -1.69. The number of nitrogens with one attached hydrogen (secondary N) is 1. The molecule has 0 heterocycles. The van der Waals surface area contributed by atoms with E-state index in [9.17, 15) is 0 Å². The molecular formula is C7H7N. The van der Waals surface area contributed by atoms with Crippen molar-refractivity contribution in [3.8, 4) is 0 Å². The maximum absolute atomic E-state index is 6.62. The minimum Gasteiger partial charge on any atom is -0.309 e. The van der Waals surface area contributed by atoms with Gasteiger partial charge in [-0.05, 0) is 23.3 Å². The van der Waals surface area contributed by atoms with Crippen LogP contribution in [-0.4, -0.2) is 6.21 Å². The summed E-state index contributed by atoms with van der Waals surface area (Å²) in [6, 6.07) is 0. The lowest BCUT2D eigenvalue weighted by atomic mass is 10.4. The zero-order valence-corrected chi connectivity index (χ0v) is 4.52. The molecule has 0 fully saturated rings. The summed E-state index contributed by atoms with van der Waals surface area (Å²) in [6.45, 7) is 3.68. The Morgan fingerprint density at radius 1 is 1.62 bits per heavy atom. The van der Waals surface area contributed by atoms with Crippen molar-refractivity contribution in [1.82, 2.24) is 0 Å². The summed E-state index contributed by atoms with van der Waals surface area (Å²) in [5.74, 6) is 0. The first-order chi connectivity index (χ1) is 3.84. The summed E-state index contributed by atoms with van der Waals surface area (Å²) < 4.78 is 0. The highest BCUT2D eigenvalue weighted by Crippen LogP contribution is 2.25. The van der Waals surface area contributed by atoms with Crippen molar-refractivity contribution in [3.05, 3.63) is 36.0 Å². The highest BCUT2D eigenvalue weighted by atomic mass is 14.3. The Kier molecular flexibility index (Phi) is 1.12. The van der Waals surface area contributed by atoms with Gasteiger partial charge >= 0.3 is 0 Å². The third-order valence-electron chi connectivity index (χ3n) is 0.989. The highest BCUT2D eigenvalue weighted by molar-refractivity contribution is 5.72. The van der Waals surface area contributed by atoms with E-state index in [1.165, 1.54) is 6.21 Å². The molecule has 0 aromatic rings. The Balaban J connectivity index is 2.42. The van der Waals surface area contributed by atoms with E-state index in [-0.39, 0.29) is 0 Å². The van der Waals surface area contributed by atoms with Crippen LogP contribution >= 0.6 is 0 Å². The van der Waals surface area contributed by atoms with E-state index in [0.29, 0.717) is 0 Å². The molecule has 0 saturated carbocycles. The zero-order valence-electron chi connectivity index (χ0n) is 4.52. The van der Waals surface area contributed by atoms with Crippen molar-refractivity contribution in [2.75, 3.05) is 0 Å². The molecule has 1 rings (SSSR count).